The summed E-state index contributed by atoms with van der Waals surface area (Å²) in [6.07, 6.45) is 2.08. The average Bonchev–Trinajstić information content (AvgIpc) is 3.45. The molecule has 0 aliphatic carbocycles. The Hall–Kier alpha value is -3.87. The molecule has 6 rings (SSSR count). The molecule has 0 bridgehead atoms. The van der Waals surface area contributed by atoms with Gasteiger partial charge in [-0.15, -0.1) is 11.3 Å². The Morgan fingerprint density at radius 1 is 0.865 bits per heavy atom. The molecule has 1 aliphatic heterocycles. The number of likely N-dealkylation sites (tertiary alicyclic amines) is 1. The maximum absolute atomic E-state index is 13.1. The molecule has 1 fully saturated rings. The van der Waals surface area contributed by atoms with Crippen LogP contribution in [0.5, 0.6) is 0 Å². The number of pyridine rings is 1. The largest absolute Gasteiger partial charge is 0.320 e. The topological polar surface area (TPSA) is 58.1 Å². The van der Waals surface area contributed by atoms with E-state index in [-0.39, 0.29) is 5.91 Å². The van der Waals surface area contributed by atoms with E-state index in [1.54, 1.807) is 11.3 Å². The monoisotopic (exact) mass is 504 g/mol. The van der Waals surface area contributed by atoms with Gasteiger partial charge >= 0.3 is 0 Å². The molecule has 2 aromatic heterocycles. The molecule has 37 heavy (non-hydrogen) atoms. The normalized spacial score (nSPS) is 14.6. The first-order valence-corrected chi connectivity index (χ1v) is 13.6. The molecule has 3 aromatic carbocycles. The standard InChI is InChI=1S/C31H28N4OS/c36-30(33-28-13-7-5-11-26(28)22-8-2-1-3-9-22)29-21-37-31(34-29)24-16-18-35(19-17-24)20-25-15-14-23-10-4-6-12-27(23)32-25/h1-15,21,24H,16-20H2,(H,33,36). The zero-order chi connectivity index (χ0) is 25.0. The maximum Gasteiger partial charge on any atom is 0.275 e. The smallest absolute Gasteiger partial charge is 0.275 e. The zero-order valence-corrected chi connectivity index (χ0v) is 21.3. The van der Waals surface area contributed by atoms with Crippen LogP contribution >= 0.6 is 11.3 Å². The Labute approximate surface area is 220 Å². The van der Waals surface area contributed by atoms with Crippen LogP contribution < -0.4 is 5.32 Å². The summed E-state index contributed by atoms with van der Waals surface area (Å²) in [6, 6.07) is 30.5. The highest BCUT2D eigenvalue weighted by atomic mass is 32.1. The summed E-state index contributed by atoms with van der Waals surface area (Å²) < 4.78 is 0. The van der Waals surface area contributed by atoms with Gasteiger partial charge in [0.1, 0.15) is 5.69 Å². The van der Waals surface area contributed by atoms with E-state index in [1.165, 1.54) is 5.39 Å². The number of benzene rings is 3. The van der Waals surface area contributed by atoms with Crippen molar-refractivity contribution in [1.82, 2.24) is 14.9 Å². The highest BCUT2D eigenvalue weighted by Crippen LogP contribution is 2.32. The SMILES string of the molecule is O=C(Nc1ccccc1-c1ccccc1)c1csc(C2CCN(Cc3ccc4ccccc4n3)CC2)n1. The van der Waals surface area contributed by atoms with Gasteiger partial charge in [-0.1, -0.05) is 72.8 Å². The van der Waals surface area contributed by atoms with E-state index >= 15 is 0 Å². The van der Waals surface area contributed by atoms with Crippen LogP contribution in [0.2, 0.25) is 0 Å². The second-order valence-corrected chi connectivity index (χ2v) is 10.4. The molecule has 5 aromatic rings. The van der Waals surface area contributed by atoms with E-state index in [9.17, 15) is 4.79 Å². The third-order valence-electron chi connectivity index (χ3n) is 6.99. The fourth-order valence-corrected chi connectivity index (χ4v) is 5.96. The summed E-state index contributed by atoms with van der Waals surface area (Å²) in [4.78, 5) is 25.1. The number of fused-ring (bicyclic) bond motifs is 1. The van der Waals surface area contributed by atoms with Crippen molar-refractivity contribution in [2.75, 3.05) is 18.4 Å². The Balaban J connectivity index is 1.08. The van der Waals surface area contributed by atoms with Gasteiger partial charge in [-0.2, -0.15) is 0 Å². The fourth-order valence-electron chi connectivity index (χ4n) is 4.99. The lowest BCUT2D eigenvalue weighted by molar-refractivity contribution is 0.102. The molecule has 5 nitrogen and oxygen atoms in total. The fraction of sp³-hybridized carbons (Fsp3) is 0.194. The van der Waals surface area contributed by atoms with E-state index in [1.807, 2.05) is 72.1 Å². The third kappa shape index (κ3) is 5.31. The number of nitrogens with zero attached hydrogens (tertiary/aromatic N) is 3. The first kappa shape index (κ1) is 23.5. The van der Waals surface area contributed by atoms with Crippen molar-refractivity contribution in [3.8, 4) is 11.1 Å². The van der Waals surface area contributed by atoms with Crippen molar-refractivity contribution in [3.63, 3.8) is 0 Å². The van der Waals surface area contributed by atoms with Crippen molar-refractivity contribution >= 4 is 33.8 Å². The van der Waals surface area contributed by atoms with Crippen molar-refractivity contribution < 1.29 is 4.79 Å². The number of amides is 1. The van der Waals surface area contributed by atoms with Gasteiger partial charge in [0.2, 0.25) is 0 Å². The van der Waals surface area contributed by atoms with Crippen molar-refractivity contribution in [2.45, 2.75) is 25.3 Å². The van der Waals surface area contributed by atoms with Gasteiger partial charge in [-0.3, -0.25) is 14.7 Å². The van der Waals surface area contributed by atoms with E-state index < -0.39 is 0 Å². The lowest BCUT2D eigenvalue weighted by atomic mass is 9.97. The minimum absolute atomic E-state index is 0.161. The van der Waals surface area contributed by atoms with Crippen molar-refractivity contribution in [1.29, 1.82) is 0 Å². The zero-order valence-electron chi connectivity index (χ0n) is 20.5. The number of hydrogen-bond acceptors (Lipinski definition) is 5. The number of piperidine rings is 1. The van der Waals surface area contributed by atoms with Crippen LogP contribution in [0.15, 0.2) is 96.4 Å². The molecular weight excluding hydrogens is 476 g/mol. The van der Waals surface area contributed by atoms with Gasteiger partial charge in [0.15, 0.2) is 0 Å². The second-order valence-electron chi connectivity index (χ2n) is 9.48. The number of aromatic nitrogens is 2. The highest BCUT2D eigenvalue weighted by Gasteiger charge is 2.24. The summed E-state index contributed by atoms with van der Waals surface area (Å²) in [5, 5.41) is 7.21. The Bertz CT molecular complexity index is 1520. The van der Waals surface area contributed by atoms with E-state index in [0.717, 1.165) is 65.5 Å². The molecule has 6 heteroatoms. The first-order valence-electron chi connectivity index (χ1n) is 12.7. The molecule has 1 amide bonds. The van der Waals surface area contributed by atoms with Gasteiger partial charge in [-0.05, 0) is 49.7 Å². The van der Waals surface area contributed by atoms with Gasteiger partial charge < -0.3 is 5.32 Å². The molecule has 0 atom stereocenters. The molecule has 3 heterocycles. The van der Waals surface area contributed by atoms with Gasteiger partial charge in [0.05, 0.1) is 16.2 Å². The minimum Gasteiger partial charge on any atom is -0.320 e. The van der Waals surface area contributed by atoms with Crippen LogP contribution in [0.25, 0.3) is 22.0 Å². The number of hydrogen-bond donors (Lipinski definition) is 1. The number of nitrogens with one attached hydrogen (secondary N) is 1. The van der Waals surface area contributed by atoms with E-state index in [2.05, 4.69) is 34.5 Å². The highest BCUT2D eigenvalue weighted by molar-refractivity contribution is 7.10. The quantitative estimate of drug-likeness (QED) is 0.271. The first-order chi connectivity index (χ1) is 18.2. The molecule has 0 spiro atoms. The molecule has 1 N–H and O–H groups in total. The minimum atomic E-state index is -0.161. The number of anilines is 1. The van der Waals surface area contributed by atoms with Crippen LogP contribution in [0.3, 0.4) is 0 Å². The number of para-hydroxylation sites is 2. The summed E-state index contributed by atoms with van der Waals surface area (Å²) in [7, 11) is 0. The number of rotatable bonds is 6. The lowest BCUT2D eigenvalue weighted by Gasteiger charge is -2.30. The van der Waals surface area contributed by atoms with Gasteiger partial charge in [0, 0.05) is 34.5 Å². The Kier molecular flexibility index (Phi) is 6.76. The third-order valence-corrected chi connectivity index (χ3v) is 8.00. The molecule has 1 saturated heterocycles. The van der Waals surface area contributed by atoms with Crippen LogP contribution in [0, 0.1) is 0 Å². The number of carbonyl (C=O) groups is 1. The predicted octanol–water partition coefficient (Wildman–Crippen LogP) is 6.99. The van der Waals surface area contributed by atoms with Gasteiger partial charge in [-0.25, -0.2) is 4.98 Å². The Morgan fingerprint density at radius 2 is 1.62 bits per heavy atom. The molecule has 1 aliphatic rings. The number of thiazole rings is 1. The van der Waals surface area contributed by atoms with Gasteiger partial charge in [0.25, 0.3) is 5.91 Å². The molecule has 0 radical (unpaired) electrons. The predicted molar refractivity (Wildman–Crippen MR) is 151 cm³/mol. The summed E-state index contributed by atoms with van der Waals surface area (Å²) >= 11 is 1.60. The lowest BCUT2D eigenvalue weighted by Crippen LogP contribution is -2.32. The van der Waals surface area contributed by atoms with E-state index in [4.69, 9.17) is 9.97 Å². The van der Waals surface area contributed by atoms with Crippen molar-refractivity contribution in [3.05, 3.63) is 113 Å². The van der Waals surface area contributed by atoms with Crippen LogP contribution in [0.1, 0.15) is 39.9 Å². The van der Waals surface area contributed by atoms with Crippen LogP contribution in [-0.2, 0) is 6.54 Å². The van der Waals surface area contributed by atoms with Crippen LogP contribution in [-0.4, -0.2) is 33.9 Å². The second kappa shape index (κ2) is 10.6. The maximum atomic E-state index is 13.1. The summed E-state index contributed by atoms with van der Waals surface area (Å²) in [5.74, 6) is 0.231. The summed E-state index contributed by atoms with van der Waals surface area (Å²) in [6.45, 7) is 2.87. The summed E-state index contributed by atoms with van der Waals surface area (Å²) in [5.41, 5.74) is 5.52. The molecule has 184 valence electrons. The molecule has 0 saturated carbocycles. The molecular formula is C31H28N4OS. The number of carbonyl (C=O) groups excluding carboxylic acids is 1. The van der Waals surface area contributed by atoms with Crippen molar-refractivity contribution in [2.24, 2.45) is 0 Å². The van der Waals surface area contributed by atoms with Crippen LogP contribution in [0.4, 0.5) is 5.69 Å². The molecule has 0 unspecified atom stereocenters. The van der Waals surface area contributed by atoms with E-state index in [0.29, 0.717) is 11.6 Å². The average molecular weight is 505 g/mol. The Morgan fingerprint density at radius 3 is 2.49 bits per heavy atom.